The summed E-state index contributed by atoms with van der Waals surface area (Å²) < 4.78 is 26.0. The molecule has 0 aromatic carbocycles. The largest absolute Gasteiger partial charge is 0.393 e. The van der Waals surface area contributed by atoms with Crippen LogP contribution in [0, 0.1) is 69.0 Å². The summed E-state index contributed by atoms with van der Waals surface area (Å²) in [6, 6.07) is 0. The van der Waals surface area contributed by atoms with E-state index >= 15 is 0 Å². The highest BCUT2D eigenvalue weighted by Gasteiger charge is 2.81. The molecule has 68 heavy (non-hydrogen) atoms. The van der Waals surface area contributed by atoms with Crippen LogP contribution >= 0.6 is 0 Å². The minimum atomic E-state index is -1.80. The predicted octanol–water partition coefficient (Wildman–Crippen LogP) is 3.38. The van der Waals surface area contributed by atoms with Crippen molar-refractivity contribution in [1.29, 1.82) is 0 Å². The zero-order chi connectivity index (χ0) is 48.1. The molecule has 1 aromatic rings. The van der Waals surface area contributed by atoms with Gasteiger partial charge in [0.05, 0.1) is 59.4 Å². The lowest BCUT2D eigenvalue weighted by atomic mass is 9.44. The maximum absolute atomic E-state index is 12.9. The van der Waals surface area contributed by atoms with Gasteiger partial charge in [0.1, 0.15) is 35.6 Å². The molecule has 4 saturated heterocycles. The molecule has 5 heterocycles. The fourth-order valence-corrected chi connectivity index (χ4v) is 19.5. The highest BCUT2D eigenvalue weighted by Crippen LogP contribution is 2.73. The summed E-state index contributed by atoms with van der Waals surface area (Å²) in [5.41, 5.74) is -1.29. The van der Waals surface area contributed by atoms with Crippen LogP contribution in [0.4, 0.5) is 0 Å². The Bertz CT molecular complexity index is 2270. The highest BCUT2D eigenvalue weighted by atomic mass is 16.8. The Morgan fingerprint density at radius 2 is 1.04 bits per heavy atom. The second-order valence-electron chi connectivity index (χ2n) is 26.4. The summed E-state index contributed by atoms with van der Waals surface area (Å²) in [6.07, 6.45) is 6.91. The van der Waals surface area contributed by atoms with Crippen molar-refractivity contribution in [2.24, 2.45) is 69.0 Å². The van der Waals surface area contributed by atoms with Crippen molar-refractivity contribution in [3.05, 3.63) is 46.1 Å². The van der Waals surface area contributed by atoms with Crippen LogP contribution in [0.15, 0.2) is 23.3 Å². The first kappa shape index (κ1) is 45.9. The van der Waals surface area contributed by atoms with E-state index in [1.54, 1.807) is 6.92 Å². The average molecular weight is 945 g/mol. The molecule has 0 unspecified atom stereocenters. The van der Waals surface area contributed by atoms with Crippen molar-refractivity contribution in [3.8, 4) is 0 Å². The summed E-state index contributed by atoms with van der Waals surface area (Å²) in [5, 5.41) is 94.5. The van der Waals surface area contributed by atoms with Gasteiger partial charge in [-0.3, -0.25) is 9.97 Å². The molecule has 0 radical (unpaired) electrons. The summed E-state index contributed by atoms with van der Waals surface area (Å²) in [4.78, 5) is 11.1. The number of aliphatic hydroxyl groups excluding tert-OH is 6. The molecule has 12 aliphatic rings. The van der Waals surface area contributed by atoms with Gasteiger partial charge in [-0.25, -0.2) is 0 Å². The van der Waals surface area contributed by atoms with E-state index in [0.717, 1.165) is 85.3 Å². The predicted molar refractivity (Wildman–Crippen MR) is 244 cm³/mol. The molecule has 13 rings (SSSR count). The smallest absolute Gasteiger partial charge is 0.201 e. The number of nitrogens with zero attached hydrogens (tertiary/aromatic N) is 2. The van der Waals surface area contributed by atoms with E-state index in [0.29, 0.717) is 31.1 Å². The second kappa shape index (κ2) is 13.6. The van der Waals surface area contributed by atoms with Crippen LogP contribution in [-0.2, 0) is 44.6 Å². The van der Waals surface area contributed by atoms with Crippen molar-refractivity contribution >= 4 is 0 Å². The number of fused-ring (bicyclic) bond motifs is 16. The maximum atomic E-state index is 12.9. The van der Waals surface area contributed by atoms with Gasteiger partial charge in [0.25, 0.3) is 0 Å². The molecule has 374 valence electrons. The van der Waals surface area contributed by atoms with Gasteiger partial charge in [0.15, 0.2) is 0 Å². The lowest BCUT2D eigenvalue weighted by molar-refractivity contribution is -0.286. The van der Waals surface area contributed by atoms with Crippen LogP contribution in [0.2, 0.25) is 0 Å². The zero-order valence-corrected chi connectivity index (χ0v) is 41.2. The normalized spacial score (nSPS) is 60.0. The molecular formula is C54H76N2O12. The third kappa shape index (κ3) is 4.99. The van der Waals surface area contributed by atoms with Crippen molar-refractivity contribution in [2.45, 2.75) is 203 Å². The monoisotopic (exact) mass is 945 g/mol. The van der Waals surface area contributed by atoms with Crippen LogP contribution in [0.5, 0.6) is 0 Å². The lowest BCUT2D eigenvalue weighted by Gasteiger charge is -2.62. The molecule has 8 aliphatic carbocycles. The van der Waals surface area contributed by atoms with E-state index in [-0.39, 0.29) is 60.1 Å². The Hall–Kier alpha value is -1.92. The molecule has 14 heteroatoms. The van der Waals surface area contributed by atoms with Crippen LogP contribution in [-0.4, -0.2) is 135 Å². The van der Waals surface area contributed by atoms with Gasteiger partial charge >= 0.3 is 0 Å². The van der Waals surface area contributed by atoms with Gasteiger partial charge in [0.2, 0.25) is 11.6 Å². The number of hydrogen-bond donors (Lipinski definition) is 8. The van der Waals surface area contributed by atoms with Crippen molar-refractivity contribution < 1.29 is 59.8 Å². The van der Waals surface area contributed by atoms with Crippen LogP contribution < -0.4 is 0 Å². The molecular weight excluding hydrogens is 869 g/mol. The van der Waals surface area contributed by atoms with Crippen molar-refractivity contribution in [1.82, 2.24) is 9.97 Å². The molecule has 4 saturated carbocycles. The fraction of sp³-hybridized carbons (Fsp3) is 0.852. The van der Waals surface area contributed by atoms with E-state index in [4.69, 9.17) is 28.9 Å². The van der Waals surface area contributed by atoms with Gasteiger partial charge in [-0.2, -0.15) is 0 Å². The third-order valence-electron chi connectivity index (χ3n) is 23.5. The molecule has 8 fully saturated rings. The first-order valence-electron chi connectivity index (χ1n) is 26.3. The Balaban J connectivity index is 0.771. The van der Waals surface area contributed by atoms with E-state index in [1.807, 2.05) is 40.7 Å². The maximum Gasteiger partial charge on any atom is 0.201 e. The Labute approximate surface area is 399 Å². The van der Waals surface area contributed by atoms with Crippen molar-refractivity contribution in [3.63, 3.8) is 0 Å². The minimum absolute atomic E-state index is 0.0993. The number of aromatic nitrogens is 2. The summed E-state index contributed by atoms with van der Waals surface area (Å²) in [5.74, 6) is -2.70. The van der Waals surface area contributed by atoms with Gasteiger partial charge in [-0.15, -0.1) is 0 Å². The van der Waals surface area contributed by atoms with Crippen LogP contribution in [0.25, 0.3) is 0 Å². The third-order valence-corrected chi connectivity index (χ3v) is 23.5. The first-order chi connectivity index (χ1) is 31.9. The summed E-state index contributed by atoms with van der Waals surface area (Å²) in [7, 11) is 0. The van der Waals surface area contributed by atoms with Crippen molar-refractivity contribution in [2.75, 3.05) is 13.2 Å². The van der Waals surface area contributed by atoms with E-state index in [9.17, 15) is 40.9 Å². The lowest BCUT2D eigenvalue weighted by Crippen LogP contribution is -2.67. The van der Waals surface area contributed by atoms with Crippen LogP contribution in [0.3, 0.4) is 0 Å². The standard InChI is InChI=1S/C54H76N2O12/c1-25-19-45(3,23-57)67-53(25)44(62)52(64)43(65-53)18-34-30-12-10-28-14-36-38(21-48(28,6)32(30)16-40(60)50(34,52)8)56-35-13-27-9-11-29-31(47(27,5)20-37(35)55-36)15-39(59)49(7)33(29)17-42-51(49,63)26(2)54(66-42)41(61)22-46(4,24-58)68-54/h17-18,25-32,39-44,57-64H,9-16,19-24H2,1-8H3/t25-,26+,27-,28-,29+,30+,31-,32-,39-,40+,41+,42+,43+,44-,45+,46+,47+,48+,49+,50-,51-,52+,53-,54-/m0/s1. The molecule has 0 bridgehead atoms. The molecule has 8 N–H and O–H groups in total. The SMILES string of the molecule is C[C@H]1C[C@](C)(CO)O[C@@]12O[C@@H]1C=C3[C@@H]4CC[C@H]5Cc6nc7c(nc6C[C@@]5(C)[C@H]4C[C@@H](O)[C@@]3(C)[C@]1(O)[C@@H]2O)C[C@@H]1CC[C@H]2C3=C[C@H]4O[C@]5(O[C@@](C)(CO)C[C@H]5O)[C@H](C)[C@@]4(O)[C@@]3(C)[C@@H](O)C[C@@H]2[C@]1(C)C7. The minimum Gasteiger partial charge on any atom is -0.393 e. The van der Waals surface area contributed by atoms with Gasteiger partial charge < -0.3 is 59.8 Å². The number of ether oxygens (including phenoxy) is 4. The Morgan fingerprint density at radius 3 is 1.53 bits per heavy atom. The first-order valence-corrected chi connectivity index (χ1v) is 26.3. The molecule has 1 aromatic heterocycles. The molecule has 24 atom stereocenters. The number of aliphatic hydroxyl groups is 8. The quantitative estimate of drug-likeness (QED) is 0.199. The van der Waals surface area contributed by atoms with Crippen LogP contribution in [0.1, 0.15) is 130 Å². The van der Waals surface area contributed by atoms with E-state index < -0.39 is 87.4 Å². The Morgan fingerprint density at radius 1 is 0.588 bits per heavy atom. The zero-order valence-electron chi connectivity index (χ0n) is 41.2. The fourth-order valence-electron chi connectivity index (χ4n) is 19.5. The topological polar surface area (TPSA) is 225 Å². The molecule has 4 aliphatic heterocycles. The van der Waals surface area contributed by atoms with Gasteiger partial charge in [0, 0.05) is 29.1 Å². The number of hydrogen-bond acceptors (Lipinski definition) is 14. The molecule has 0 amide bonds. The van der Waals surface area contributed by atoms with E-state index in [1.165, 1.54) is 0 Å². The van der Waals surface area contributed by atoms with E-state index in [2.05, 4.69) is 19.9 Å². The summed E-state index contributed by atoms with van der Waals surface area (Å²) >= 11 is 0. The second-order valence-corrected chi connectivity index (χ2v) is 26.4. The average Bonchev–Trinajstić information content (AvgIpc) is 4.00. The number of rotatable bonds is 2. The highest BCUT2D eigenvalue weighted by molar-refractivity contribution is 5.45. The van der Waals surface area contributed by atoms with Gasteiger partial charge in [-0.05, 0) is 131 Å². The summed E-state index contributed by atoms with van der Waals surface area (Å²) in [6.45, 7) is 15.6. The van der Waals surface area contributed by atoms with Gasteiger partial charge in [-0.1, -0.05) is 64.8 Å². The Kier molecular flexibility index (Phi) is 9.19. The molecule has 14 nitrogen and oxygen atoms in total. The molecule has 2 spiro atoms.